The lowest BCUT2D eigenvalue weighted by molar-refractivity contribution is -0.128. The zero-order valence-corrected chi connectivity index (χ0v) is 17.9. The number of Topliss-reactive ketones (excluding diaryl/α,β-unsaturated/α-hetero) is 1. The molecule has 0 N–H and O–H groups in total. The molecule has 1 saturated heterocycles. The van der Waals surface area contributed by atoms with Gasteiger partial charge in [0.1, 0.15) is 11.9 Å². The Morgan fingerprint density at radius 3 is 1.77 bits per heavy atom. The molecule has 4 rings (SSSR count). The lowest BCUT2D eigenvalue weighted by atomic mass is 10.1. The predicted molar refractivity (Wildman–Crippen MR) is 121 cm³/mol. The molecule has 3 aromatic carbocycles. The first-order valence-electron chi connectivity index (χ1n) is 10.8. The van der Waals surface area contributed by atoms with E-state index in [1.807, 2.05) is 66.7 Å². The molecule has 1 aliphatic heterocycles. The molecular weight excluding hydrogens is 386 g/mol. The topological polar surface area (TPSA) is 38.8 Å². The maximum atomic E-state index is 12.7. The third kappa shape index (κ3) is 5.67. The fourth-order valence-electron chi connectivity index (χ4n) is 4.22. The molecule has 0 amide bonds. The van der Waals surface area contributed by atoms with Gasteiger partial charge >= 0.3 is 0 Å². The second-order valence-electron chi connectivity index (χ2n) is 8.07. The molecule has 4 heteroatoms. The standard InChI is InChI=1S/C27H29NO3/c1-21(29)26-27(31-20-24-15-9-4-10-16-24)25(30-19-23-13-7-3-8-14-23)18-28(26)17-22-11-5-2-6-12-22/h2-16,25-27H,17-20H2,1H3/t25-,26-,27+/m1/s1. The normalized spacial score (nSPS) is 21.3. The molecule has 160 valence electrons. The highest BCUT2D eigenvalue weighted by Crippen LogP contribution is 2.28. The summed E-state index contributed by atoms with van der Waals surface area (Å²) in [5, 5.41) is 0. The van der Waals surface area contributed by atoms with Crippen LogP contribution in [-0.2, 0) is 34.0 Å². The van der Waals surface area contributed by atoms with Gasteiger partial charge in [0.25, 0.3) is 0 Å². The zero-order chi connectivity index (χ0) is 21.5. The van der Waals surface area contributed by atoms with E-state index in [-0.39, 0.29) is 24.0 Å². The van der Waals surface area contributed by atoms with E-state index in [2.05, 4.69) is 29.2 Å². The SMILES string of the molecule is CC(=O)[C@@H]1[C@@H](OCc2ccccc2)[C@H](OCc2ccccc2)CN1Cc1ccccc1. The Morgan fingerprint density at radius 2 is 1.26 bits per heavy atom. The summed E-state index contributed by atoms with van der Waals surface area (Å²) in [6.07, 6.45) is -0.494. The Hall–Kier alpha value is -2.79. The van der Waals surface area contributed by atoms with Crippen LogP contribution in [0.4, 0.5) is 0 Å². The van der Waals surface area contributed by atoms with E-state index in [1.165, 1.54) is 5.56 Å². The zero-order valence-electron chi connectivity index (χ0n) is 17.9. The number of hydrogen-bond donors (Lipinski definition) is 0. The smallest absolute Gasteiger partial charge is 0.149 e. The van der Waals surface area contributed by atoms with Crippen molar-refractivity contribution >= 4 is 5.78 Å². The van der Waals surface area contributed by atoms with Crippen molar-refractivity contribution in [2.24, 2.45) is 0 Å². The van der Waals surface area contributed by atoms with Crippen molar-refractivity contribution in [2.75, 3.05) is 6.54 Å². The number of carbonyl (C=O) groups excluding carboxylic acids is 1. The molecule has 1 fully saturated rings. The number of benzene rings is 3. The number of nitrogens with zero attached hydrogens (tertiary/aromatic N) is 1. The highest BCUT2D eigenvalue weighted by molar-refractivity contribution is 5.82. The van der Waals surface area contributed by atoms with E-state index in [1.54, 1.807) is 6.92 Å². The maximum Gasteiger partial charge on any atom is 0.149 e. The van der Waals surface area contributed by atoms with Crippen LogP contribution >= 0.6 is 0 Å². The molecule has 0 saturated carbocycles. The average Bonchev–Trinajstić information content (AvgIpc) is 3.15. The molecule has 3 atom stereocenters. The Bertz CT molecular complexity index is 946. The van der Waals surface area contributed by atoms with Gasteiger partial charge < -0.3 is 9.47 Å². The van der Waals surface area contributed by atoms with Crippen LogP contribution in [0, 0.1) is 0 Å². The van der Waals surface area contributed by atoms with E-state index in [4.69, 9.17) is 9.47 Å². The average molecular weight is 416 g/mol. The molecule has 0 radical (unpaired) electrons. The Labute approximate surface area is 184 Å². The summed E-state index contributed by atoms with van der Waals surface area (Å²) < 4.78 is 12.7. The minimum Gasteiger partial charge on any atom is -0.369 e. The number of likely N-dealkylation sites (tertiary alicyclic amines) is 1. The van der Waals surface area contributed by atoms with Crippen LogP contribution < -0.4 is 0 Å². The molecule has 0 bridgehead atoms. The summed E-state index contributed by atoms with van der Waals surface area (Å²) in [5.41, 5.74) is 3.39. The summed E-state index contributed by atoms with van der Waals surface area (Å²) in [5.74, 6) is 0.111. The van der Waals surface area contributed by atoms with Gasteiger partial charge in [-0.25, -0.2) is 0 Å². The minimum absolute atomic E-state index is 0.111. The van der Waals surface area contributed by atoms with Gasteiger partial charge in [-0.1, -0.05) is 91.0 Å². The van der Waals surface area contributed by atoms with Gasteiger partial charge in [-0.05, 0) is 23.6 Å². The first kappa shape index (κ1) is 21.4. The molecule has 4 nitrogen and oxygen atoms in total. The van der Waals surface area contributed by atoms with E-state index in [0.29, 0.717) is 26.3 Å². The van der Waals surface area contributed by atoms with E-state index in [0.717, 1.165) is 11.1 Å². The highest BCUT2D eigenvalue weighted by atomic mass is 16.5. The number of carbonyl (C=O) groups is 1. The predicted octanol–water partition coefficient (Wildman–Crippen LogP) is 4.63. The van der Waals surface area contributed by atoms with Gasteiger partial charge in [-0.3, -0.25) is 9.69 Å². The van der Waals surface area contributed by atoms with Gasteiger partial charge in [0, 0.05) is 13.1 Å². The first-order valence-corrected chi connectivity index (χ1v) is 10.8. The molecule has 0 aromatic heterocycles. The van der Waals surface area contributed by atoms with Crippen LogP contribution in [0.15, 0.2) is 91.0 Å². The molecule has 1 aliphatic rings. The number of rotatable bonds is 9. The highest BCUT2D eigenvalue weighted by Gasteiger charge is 2.45. The largest absolute Gasteiger partial charge is 0.369 e. The van der Waals surface area contributed by atoms with Crippen LogP contribution in [0.5, 0.6) is 0 Å². The van der Waals surface area contributed by atoms with E-state index >= 15 is 0 Å². The van der Waals surface area contributed by atoms with Gasteiger partial charge in [-0.2, -0.15) is 0 Å². The summed E-state index contributed by atoms with van der Waals surface area (Å²) in [7, 11) is 0. The molecular formula is C27H29NO3. The van der Waals surface area contributed by atoms with Crippen molar-refractivity contribution in [3.8, 4) is 0 Å². The van der Waals surface area contributed by atoms with E-state index < -0.39 is 0 Å². The van der Waals surface area contributed by atoms with Gasteiger partial charge in [0.15, 0.2) is 0 Å². The third-order valence-corrected chi connectivity index (χ3v) is 5.72. The second kappa shape index (κ2) is 10.5. The molecule has 31 heavy (non-hydrogen) atoms. The van der Waals surface area contributed by atoms with Crippen molar-refractivity contribution in [1.82, 2.24) is 4.90 Å². The van der Waals surface area contributed by atoms with Crippen LogP contribution in [0.1, 0.15) is 23.6 Å². The Morgan fingerprint density at radius 1 is 0.774 bits per heavy atom. The van der Waals surface area contributed by atoms with Gasteiger partial charge in [0.05, 0.1) is 25.4 Å². The first-order chi connectivity index (χ1) is 15.2. The van der Waals surface area contributed by atoms with Crippen LogP contribution in [0.25, 0.3) is 0 Å². The van der Waals surface area contributed by atoms with Crippen molar-refractivity contribution < 1.29 is 14.3 Å². The summed E-state index contributed by atoms with van der Waals surface area (Å²) in [6.45, 7) is 3.97. The Kier molecular flexibility index (Phi) is 7.26. The summed E-state index contributed by atoms with van der Waals surface area (Å²) in [6, 6.07) is 30.1. The number of hydrogen-bond acceptors (Lipinski definition) is 4. The fourth-order valence-corrected chi connectivity index (χ4v) is 4.22. The van der Waals surface area contributed by atoms with Crippen molar-refractivity contribution in [3.63, 3.8) is 0 Å². The lowest BCUT2D eigenvalue weighted by Gasteiger charge is -2.26. The maximum absolute atomic E-state index is 12.7. The summed E-state index contributed by atoms with van der Waals surface area (Å²) in [4.78, 5) is 14.9. The molecule has 0 spiro atoms. The molecule has 0 aliphatic carbocycles. The minimum atomic E-state index is -0.329. The van der Waals surface area contributed by atoms with E-state index in [9.17, 15) is 4.79 Å². The van der Waals surface area contributed by atoms with Crippen molar-refractivity contribution in [3.05, 3.63) is 108 Å². The van der Waals surface area contributed by atoms with Crippen LogP contribution in [0.2, 0.25) is 0 Å². The van der Waals surface area contributed by atoms with Crippen LogP contribution in [-0.4, -0.2) is 35.5 Å². The second-order valence-corrected chi connectivity index (χ2v) is 8.07. The van der Waals surface area contributed by atoms with Crippen molar-refractivity contribution in [1.29, 1.82) is 0 Å². The molecule has 3 aromatic rings. The quantitative estimate of drug-likeness (QED) is 0.511. The number of ketones is 1. The van der Waals surface area contributed by atoms with Gasteiger partial charge in [0.2, 0.25) is 0 Å². The molecule has 0 unspecified atom stereocenters. The lowest BCUT2D eigenvalue weighted by Crippen LogP contribution is -2.43. The van der Waals surface area contributed by atoms with Crippen molar-refractivity contribution in [2.45, 2.75) is 44.9 Å². The molecule has 1 heterocycles. The number of ether oxygens (including phenoxy) is 2. The van der Waals surface area contributed by atoms with Gasteiger partial charge in [-0.15, -0.1) is 0 Å². The monoisotopic (exact) mass is 415 g/mol. The summed E-state index contributed by atoms with van der Waals surface area (Å²) >= 11 is 0. The third-order valence-electron chi connectivity index (χ3n) is 5.72. The fraction of sp³-hybridized carbons (Fsp3) is 0.296. The van der Waals surface area contributed by atoms with Crippen LogP contribution in [0.3, 0.4) is 0 Å². The Balaban J connectivity index is 1.52.